The van der Waals surface area contributed by atoms with Crippen molar-refractivity contribution in [3.05, 3.63) is 0 Å². The van der Waals surface area contributed by atoms with Gasteiger partial charge in [-0.1, -0.05) is 33.1 Å². The SMILES string of the molecule is C[C@]12CCC[C@@H]1[C@@H]1C[C@H](O)[C@H]3CCCC[C@@]3(C)[C@@H]1CC2. The van der Waals surface area contributed by atoms with E-state index in [-0.39, 0.29) is 6.10 Å². The van der Waals surface area contributed by atoms with Crippen LogP contribution in [0.2, 0.25) is 0 Å². The van der Waals surface area contributed by atoms with Crippen molar-refractivity contribution >= 4 is 0 Å². The largest absolute Gasteiger partial charge is 0.393 e. The summed E-state index contributed by atoms with van der Waals surface area (Å²) >= 11 is 0. The molecule has 114 valence electrons. The molecule has 0 amide bonds. The fourth-order valence-electron chi connectivity index (χ4n) is 7.35. The molecule has 0 aromatic heterocycles. The van der Waals surface area contributed by atoms with Crippen molar-refractivity contribution in [2.75, 3.05) is 0 Å². The van der Waals surface area contributed by atoms with Gasteiger partial charge in [0.05, 0.1) is 6.10 Å². The van der Waals surface area contributed by atoms with Crippen LogP contribution in [0.25, 0.3) is 0 Å². The lowest BCUT2D eigenvalue weighted by Gasteiger charge is -2.61. The van der Waals surface area contributed by atoms with Crippen LogP contribution in [0, 0.1) is 34.5 Å². The van der Waals surface area contributed by atoms with Gasteiger partial charge >= 0.3 is 0 Å². The highest BCUT2D eigenvalue weighted by Gasteiger charge is 2.59. The summed E-state index contributed by atoms with van der Waals surface area (Å²) in [6, 6.07) is 0. The molecule has 0 aromatic carbocycles. The van der Waals surface area contributed by atoms with Crippen LogP contribution < -0.4 is 0 Å². The number of aliphatic hydroxyl groups excluding tert-OH is 1. The maximum atomic E-state index is 10.8. The highest BCUT2D eigenvalue weighted by molar-refractivity contribution is 5.08. The van der Waals surface area contributed by atoms with Crippen LogP contribution in [0.1, 0.15) is 78.1 Å². The molecule has 0 aliphatic heterocycles. The van der Waals surface area contributed by atoms with E-state index in [0.717, 1.165) is 24.2 Å². The molecule has 4 saturated carbocycles. The van der Waals surface area contributed by atoms with Gasteiger partial charge < -0.3 is 5.11 Å². The quantitative estimate of drug-likeness (QED) is 0.675. The van der Waals surface area contributed by atoms with Gasteiger partial charge in [-0.05, 0) is 79.4 Å². The second-order valence-corrected chi connectivity index (χ2v) is 9.12. The van der Waals surface area contributed by atoms with Crippen molar-refractivity contribution in [2.45, 2.75) is 84.2 Å². The number of aliphatic hydroxyl groups is 1. The second kappa shape index (κ2) is 4.48. The average molecular weight is 276 g/mol. The number of fused-ring (bicyclic) bond motifs is 5. The molecule has 4 rings (SSSR count). The molecule has 1 N–H and O–H groups in total. The number of hydrogen-bond donors (Lipinski definition) is 1. The summed E-state index contributed by atoms with van der Waals surface area (Å²) in [6.45, 7) is 5.11. The minimum Gasteiger partial charge on any atom is -0.393 e. The van der Waals surface area contributed by atoms with Crippen molar-refractivity contribution in [1.29, 1.82) is 0 Å². The maximum absolute atomic E-state index is 10.8. The molecule has 0 aromatic rings. The van der Waals surface area contributed by atoms with Crippen LogP contribution in [-0.2, 0) is 0 Å². The predicted molar refractivity (Wildman–Crippen MR) is 82.4 cm³/mol. The van der Waals surface area contributed by atoms with E-state index < -0.39 is 0 Å². The molecule has 0 radical (unpaired) electrons. The molecule has 4 fully saturated rings. The van der Waals surface area contributed by atoms with E-state index in [0.29, 0.717) is 16.7 Å². The summed E-state index contributed by atoms with van der Waals surface area (Å²) in [5.41, 5.74) is 1.09. The molecule has 4 aliphatic rings. The van der Waals surface area contributed by atoms with Crippen LogP contribution in [0.4, 0.5) is 0 Å². The fraction of sp³-hybridized carbons (Fsp3) is 1.00. The zero-order chi connectivity index (χ0) is 14.0. The summed E-state index contributed by atoms with van der Waals surface area (Å²) in [6.07, 6.45) is 13.9. The first-order valence-corrected chi connectivity index (χ1v) is 9.23. The Morgan fingerprint density at radius 2 is 1.60 bits per heavy atom. The standard InChI is InChI=1S/C19H32O/c1-18-9-5-7-14(18)13-12-17(20)16-6-3-4-10-19(16,2)15(13)8-11-18/h13-17,20H,3-12H2,1-2H3/t13-,14+,15+,16+,17-,18+,19-/m0/s1. The lowest BCUT2D eigenvalue weighted by atomic mass is 9.45. The fourth-order valence-corrected chi connectivity index (χ4v) is 7.35. The van der Waals surface area contributed by atoms with Crippen LogP contribution in [0.5, 0.6) is 0 Å². The van der Waals surface area contributed by atoms with Gasteiger partial charge in [-0.2, -0.15) is 0 Å². The second-order valence-electron chi connectivity index (χ2n) is 9.12. The Hall–Kier alpha value is -0.0400. The smallest absolute Gasteiger partial charge is 0.0576 e. The Morgan fingerprint density at radius 1 is 0.800 bits per heavy atom. The van der Waals surface area contributed by atoms with Gasteiger partial charge in [0.15, 0.2) is 0 Å². The van der Waals surface area contributed by atoms with Crippen molar-refractivity contribution in [3.63, 3.8) is 0 Å². The molecule has 0 heterocycles. The van der Waals surface area contributed by atoms with Crippen molar-refractivity contribution < 1.29 is 5.11 Å². The van der Waals surface area contributed by atoms with Gasteiger partial charge in [-0.15, -0.1) is 0 Å². The summed E-state index contributed by atoms with van der Waals surface area (Å²) in [4.78, 5) is 0. The monoisotopic (exact) mass is 276 g/mol. The molecule has 7 atom stereocenters. The molecule has 0 unspecified atom stereocenters. The minimum atomic E-state index is 0.00417. The predicted octanol–water partition coefficient (Wildman–Crippen LogP) is 4.78. The first-order chi connectivity index (χ1) is 9.55. The molecular weight excluding hydrogens is 244 g/mol. The van der Waals surface area contributed by atoms with E-state index >= 15 is 0 Å². The third kappa shape index (κ3) is 1.71. The van der Waals surface area contributed by atoms with E-state index in [1.54, 1.807) is 0 Å². The van der Waals surface area contributed by atoms with E-state index in [1.165, 1.54) is 57.8 Å². The number of rotatable bonds is 0. The number of hydrogen-bond acceptors (Lipinski definition) is 1. The zero-order valence-electron chi connectivity index (χ0n) is 13.4. The molecule has 20 heavy (non-hydrogen) atoms. The van der Waals surface area contributed by atoms with Gasteiger partial charge in [-0.3, -0.25) is 0 Å². The first-order valence-electron chi connectivity index (χ1n) is 9.23. The molecule has 1 heteroatoms. The van der Waals surface area contributed by atoms with E-state index in [4.69, 9.17) is 0 Å². The topological polar surface area (TPSA) is 20.2 Å². The normalized spacial score (nSPS) is 58.6. The zero-order valence-corrected chi connectivity index (χ0v) is 13.4. The highest BCUT2D eigenvalue weighted by Crippen LogP contribution is 2.66. The van der Waals surface area contributed by atoms with E-state index in [1.807, 2.05) is 0 Å². The summed E-state index contributed by atoms with van der Waals surface area (Å²) in [5.74, 6) is 3.30. The maximum Gasteiger partial charge on any atom is 0.0576 e. The lowest BCUT2D eigenvalue weighted by Crippen LogP contribution is -2.56. The Morgan fingerprint density at radius 3 is 2.45 bits per heavy atom. The van der Waals surface area contributed by atoms with Crippen LogP contribution in [-0.4, -0.2) is 11.2 Å². The Bertz CT molecular complexity index is 391. The summed E-state index contributed by atoms with van der Waals surface area (Å²) in [5, 5.41) is 10.8. The van der Waals surface area contributed by atoms with Crippen molar-refractivity contribution in [2.24, 2.45) is 34.5 Å². The van der Waals surface area contributed by atoms with Crippen LogP contribution >= 0.6 is 0 Å². The van der Waals surface area contributed by atoms with Gasteiger partial charge in [0.25, 0.3) is 0 Å². The van der Waals surface area contributed by atoms with Crippen molar-refractivity contribution in [3.8, 4) is 0 Å². The van der Waals surface area contributed by atoms with Crippen LogP contribution in [0.3, 0.4) is 0 Å². The van der Waals surface area contributed by atoms with Gasteiger partial charge in [-0.25, -0.2) is 0 Å². The third-order valence-corrected chi connectivity index (χ3v) is 8.37. The van der Waals surface area contributed by atoms with E-state index in [2.05, 4.69) is 13.8 Å². The first kappa shape index (κ1) is 13.6. The highest BCUT2D eigenvalue weighted by atomic mass is 16.3. The Balaban J connectivity index is 1.68. The lowest BCUT2D eigenvalue weighted by molar-refractivity contribution is -0.153. The Labute approximate surface area is 124 Å². The molecule has 1 nitrogen and oxygen atoms in total. The third-order valence-electron chi connectivity index (χ3n) is 8.37. The Kier molecular flexibility index (Phi) is 3.05. The van der Waals surface area contributed by atoms with Crippen LogP contribution in [0.15, 0.2) is 0 Å². The van der Waals surface area contributed by atoms with Gasteiger partial charge in [0.2, 0.25) is 0 Å². The van der Waals surface area contributed by atoms with Gasteiger partial charge in [0, 0.05) is 0 Å². The summed E-state index contributed by atoms with van der Waals surface area (Å²) in [7, 11) is 0. The molecule has 0 spiro atoms. The molecule has 4 aliphatic carbocycles. The molecule has 0 saturated heterocycles. The van der Waals surface area contributed by atoms with Gasteiger partial charge in [0.1, 0.15) is 0 Å². The molecular formula is C19H32O. The minimum absolute atomic E-state index is 0.00417. The molecule has 0 bridgehead atoms. The average Bonchev–Trinajstić information content (AvgIpc) is 2.81. The van der Waals surface area contributed by atoms with Crippen molar-refractivity contribution in [1.82, 2.24) is 0 Å². The summed E-state index contributed by atoms with van der Waals surface area (Å²) < 4.78 is 0. The van der Waals surface area contributed by atoms with E-state index in [9.17, 15) is 5.11 Å².